The summed E-state index contributed by atoms with van der Waals surface area (Å²) in [5.74, 6) is 1.43. The predicted octanol–water partition coefficient (Wildman–Crippen LogP) is 3.27. The zero-order valence-corrected chi connectivity index (χ0v) is 11.3. The zero-order valence-electron chi connectivity index (χ0n) is 10.5. The van der Waals surface area contributed by atoms with E-state index < -0.39 is 0 Å². The molecule has 18 heavy (non-hydrogen) atoms. The predicted molar refractivity (Wildman–Crippen MR) is 75.9 cm³/mol. The van der Waals surface area contributed by atoms with Crippen LogP contribution in [0.3, 0.4) is 0 Å². The minimum atomic E-state index is 0.643. The van der Waals surface area contributed by atoms with E-state index in [1.54, 1.807) is 18.9 Å². The number of thioether (sulfide) groups is 1. The number of hydrogen-bond acceptors (Lipinski definition) is 4. The number of methoxy groups -OCH3 is 1. The minimum Gasteiger partial charge on any atom is -0.481 e. The molecule has 4 heteroatoms. The van der Waals surface area contributed by atoms with Gasteiger partial charge in [0, 0.05) is 22.4 Å². The van der Waals surface area contributed by atoms with Gasteiger partial charge in [0.05, 0.1) is 12.8 Å². The molecule has 0 amide bonds. The van der Waals surface area contributed by atoms with E-state index in [9.17, 15) is 0 Å². The second-order valence-corrected chi connectivity index (χ2v) is 5.02. The summed E-state index contributed by atoms with van der Waals surface area (Å²) in [7, 11) is 1.62. The summed E-state index contributed by atoms with van der Waals surface area (Å²) in [6.07, 6.45) is 0. The van der Waals surface area contributed by atoms with E-state index >= 15 is 0 Å². The quantitative estimate of drug-likeness (QED) is 0.677. The first-order valence-corrected chi connectivity index (χ1v) is 6.66. The molecule has 0 saturated carbocycles. The first-order chi connectivity index (χ1) is 8.69. The van der Waals surface area contributed by atoms with Crippen molar-refractivity contribution < 1.29 is 4.74 Å². The molecule has 1 heterocycles. The SMILES string of the molecule is COc1cccc(CSc2ccc(C)cc2N)n1. The van der Waals surface area contributed by atoms with Crippen LogP contribution >= 0.6 is 11.8 Å². The van der Waals surface area contributed by atoms with Crippen LogP contribution in [-0.4, -0.2) is 12.1 Å². The van der Waals surface area contributed by atoms with Gasteiger partial charge in [-0.15, -0.1) is 11.8 Å². The number of pyridine rings is 1. The molecule has 0 fully saturated rings. The number of nitrogen functional groups attached to an aromatic ring is 1. The standard InChI is InChI=1S/C14H16N2OS/c1-10-6-7-13(12(15)8-10)18-9-11-4-3-5-14(16-11)17-2/h3-8H,9,15H2,1-2H3. The number of anilines is 1. The summed E-state index contributed by atoms with van der Waals surface area (Å²) in [6, 6.07) is 11.9. The number of nitrogens with zero attached hydrogens (tertiary/aromatic N) is 1. The van der Waals surface area contributed by atoms with Crippen LogP contribution < -0.4 is 10.5 Å². The van der Waals surface area contributed by atoms with Crippen molar-refractivity contribution in [2.45, 2.75) is 17.6 Å². The van der Waals surface area contributed by atoms with E-state index in [1.165, 1.54) is 5.56 Å². The van der Waals surface area contributed by atoms with Crippen molar-refractivity contribution in [2.75, 3.05) is 12.8 Å². The number of nitrogens with two attached hydrogens (primary N) is 1. The average Bonchev–Trinajstić information content (AvgIpc) is 2.38. The number of ether oxygens (including phenoxy) is 1. The molecule has 94 valence electrons. The normalized spacial score (nSPS) is 10.3. The van der Waals surface area contributed by atoms with E-state index in [-0.39, 0.29) is 0 Å². The van der Waals surface area contributed by atoms with Crippen molar-refractivity contribution in [3.63, 3.8) is 0 Å². The maximum atomic E-state index is 5.98. The Hall–Kier alpha value is -1.68. The van der Waals surface area contributed by atoms with E-state index in [1.807, 2.05) is 31.2 Å². The second kappa shape index (κ2) is 5.78. The van der Waals surface area contributed by atoms with Crippen molar-refractivity contribution in [3.8, 4) is 5.88 Å². The van der Waals surface area contributed by atoms with Crippen LogP contribution in [0.4, 0.5) is 5.69 Å². The average molecular weight is 260 g/mol. The Balaban J connectivity index is 2.06. The monoisotopic (exact) mass is 260 g/mol. The van der Waals surface area contributed by atoms with Crippen molar-refractivity contribution in [1.82, 2.24) is 4.98 Å². The van der Waals surface area contributed by atoms with Crippen LogP contribution in [0.2, 0.25) is 0 Å². The van der Waals surface area contributed by atoms with E-state index in [2.05, 4.69) is 17.1 Å². The molecule has 0 atom stereocenters. The van der Waals surface area contributed by atoms with Gasteiger partial charge in [-0.05, 0) is 30.7 Å². The first-order valence-electron chi connectivity index (χ1n) is 5.68. The van der Waals surface area contributed by atoms with Gasteiger partial charge in [-0.25, -0.2) is 4.98 Å². The highest BCUT2D eigenvalue weighted by molar-refractivity contribution is 7.98. The van der Waals surface area contributed by atoms with Gasteiger partial charge in [0.1, 0.15) is 0 Å². The molecule has 3 nitrogen and oxygen atoms in total. The highest BCUT2D eigenvalue weighted by Gasteiger charge is 2.03. The van der Waals surface area contributed by atoms with Gasteiger partial charge < -0.3 is 10.5 Å². The largest absolute Gasteiger partial charge is 0.481 e. The summed E-state index contributed by atoms with van der Waals surface area (Å²) < 4.78 is 5.10. The zero-order chi connectivity index (χ0) is 13.0. The molecular formula is C14H16N2OS. The van der Waals surface area contributed by atoms with Gasteiger partial charge in [0.2, 0.25) is 5.88 Å². The maximum Gasteiger partial charge on any atom is 0.213 e. The lowest BCUT2D eigenvalue weighted by atomic mass is 10.2. The maximum absolute atomic E-state index is 5.98. The third-order valence-corrected chi connectivity index (χ3v) is 3.65. The third kappa shape index (κ3) is 3.17. The van der Waals surface area contributed by atoms with Gasteiger partial charge in [0.25, 0.3) is 0 Å². The Morgan fingerprint density at radius 1 is 1.28 bits per heavy atom. The topological polar surface area (TPSA) is 48.1 Å². The molecule has 0 aliphatic rings. The number of hydrogen-bond donors (Lipinski definition) is 1. The molecule has 2 rings (SSSR count). The molecule has 0 unspecified atom stereocenters. The molecule has 0 aliphatic heterocycles. The lowest BCUT2D eigenvalue weighted by molar-refractivity contribution is 0.397. The molecule has 0 bridgehead atoms. The molecule has 1 aromatic carbocycles. The highest BCUT2D eigenvalue weighted by atomic mass is 32.2. The van der Waals surface area contributed by atoms with E-state index in [0.717, 1.165) is 22.0 Å². The lowest BCUT2D eigenvalue weighted by Crippen LogP contribution is -1.93. The Morgan fingerprint density at radius 3 is 2.83 bits per heavy atom. The Labute approximate surface area is 111 Å². The summed E-state index contributed by atoms with van der Waals surface area (Å²) in [5, 5.41) is 0. The van der Waals surface area contributed by atoms with Gasteiger partial charge in [-0.2, -0.15) is 0 Å². The fourth-order valence-electron chi connectivity index (χ4n) is 1.60. The van der Waals surface area contributed by atoms with Gasteiger partial charge in [-0.3, -0.25) is 0 Å². The number of aromatic nitrogens is 1. The molecule has 0 spiro atoms. The summed E-state index contributed by atoms with van der Waals surface area (Å²) in [6.45, 7) is 2.04. The van der Waals surface area contributed by atoms with Gasteiger partial charge in [0.15, 0.2) is 0 Å². The molecule has 1 aromatic heterocycles. The third-order valence-electron chi connectivity index (χ3n) is 2.53. The molecule has 0 saturated heterocycles. The Bertz CT molecular complexity index is 543. The van der Waals surface area contributed by atoms with E-state index in [4.69, 9.17) is 10.5 Å². The summed E-state index contributed by atoms with van der Waals surface area (Å²) >= 11 is 1.68. The summed E-state index contributed by atoms with van der Waals surface area (Å²) in [4.78, 5) is 5.46. The summed E-state index contributed by atoms with van der Waals surface area (Å²) in [5.41, 5.74) is 8.96. The van der Waals surface area contributed by atoms with Crippen LogP contribution in [-0.2, 0) is 5.75 Å². The second-order valence-electron chi connectivity index (χ2n) is 4.00. The van der Waals surface area contributed by atoms with Crippen molar-refractivity contribution >= 4 is 17.4 Å². The number of aryl methyl sites for hydroxylation is 1. The Kier molecular flexibility index (Phi) is 4.10. The van der Waals surface area contributed by atoms with Crippen molar-refractivity contribution in [2.24, 2.45) is 0 Å². The highest BCUT2D eigenvalue weighted by Crippen LogP contribution is 2.28. The molecule has 0 radical (unpaired) electrons. The molecular weight excluding hydrogens is 244 g/mol. The minimum absolute atomic E-state index is 0.643. The fraction of sp³-hybridized carbons (Fsp3) is 0.214. The first kappa shape index (κ1) is 12.8. The number of rotatable bonds is 4. The van der Waals surface area contributed by atoms with Crippen molar-refractivity contribution in [3.05, 3.63) is 47.7 Å². The van der Waals surface area contributed by atoms with Crippen LogP contribution in [0.1, 0.15) is 11.3 Å². The van der Waals surface area contributed by atoms with Gasteiger partial charge >= 0.3 is 0 Å². The lowest BCUT2D eigenvalue weighted by Gasteiger charge is -2.06. The molecule has 2 aromatic rings. The van der Waals surface area contributed by atoms with Crippen LogP contribution in [0.25, 0.3) is 0 Å². The van der Waals surface area contributed by atoms with Crippen LogP contribution in [0.5, 0.6) is 5.88 Å². The molecule has 2 N–H and O–H groups in total. The smallest absolute Gasteiger partial charge is 0.213 e. The van der Waals surface area contributed by atoms with Crippen LogP contribution in [0, 0.1) is 6.92 Å². The molecule has 0 aliphatic carbocycles. The van der Waals surface area contributed by atoms with Gasteiger partial charge in [-0.1, -0.05) is 12.1 Å². The van der Waals surface area contributed by atoms with E-state index in [0.29, 0.717) is 5.88 Å². The van der Waals surface area contributed by atoms with Crippen LogP contribution in [0.15, 0.2) is 41.3 Å². The fourth-order valence-corrected chi connectivity index (χ4v) is 2.46. The number of benzene rings is 1. The van der Waals surface area contributed by atoms with Crippen molar-refractivity contribution in [1.29, 1.82) is 0 Å². The Morgan fingerprint density at radius 2 is 2.11 bits per heavy atom.